The lowest BCUT2D eigenvalue weighted by Crippen LogP contribution is -2.23. The predicted octanol–water partition coefficient (Wildman–Crippen LogP) is 2.46. The molecule has 0 amide bonds. The lowest BCUT2D eigenvalue weighted by molar-refractivity contribution is -0.139. The number of nitrogens with zero attached hydrogens (tertiary/aromatic N) is 2. The molecule has 0 bridgehead atoms. The summed E-state index contributed by atoms with van der Waals surface area (Å²) in [6.45, 7) is 3.94. The normalized spacial score (nSPS) is 11.1. The Bertz CT molecular complexity index is 722. The molecule has 0 aliphatic heterocycles. The molecule has 0 N–H and O–H groups in total. The molecular weight excluding hydrogens is 324 g/mol. The SMILES string of the molecule is COC(=O)Cc1nn(C(C)C)c2cc(Br)ccc2c1=O. The number of ether oxygens (including phenoxy) is 1. The summed E-state index contributed by atoms with van der Waals surface area (Å²) >= 11 is 3.39. The highest BCUT2D eigenvalue weighted by Gasteiger charge is 2.15. The van der Waals surface area contributed by atoms with Crippen LogP contribution in [0.5, 0.6) is 0 Å². The summed E-state index contributed by atoms with van der Waals surface area (Å²) in [5, 5.41) is 4.86. The molecule has 0 spiro atoms. The molecule has 1 aromatic heterocycles. The first kappa shape index (κ1) is 14.7. The first-order chi connectivity index (χ1) is 9.43. The van der Waals surface area contributed by atoms with Crippen molar-refractivity contribution in [3.05, 3.63) is 38.6 Å². The fourth-order valence-corrected chi connectivity index (χ4v) is 2.34. The van der Waals surface area contributed by atoms with Gasteiger partial charge in [0.1, 0.15) is 5.69 Å². The van der Waals surface area contributed by atoms with Gasteiger partial charge in [0.2, 0.25) is 5.43 Å². The van der Waals surface area contributed by atoms with E-state index in [-0.39, 0.29) is 23.6 Å². The minimum absolute atomic E-state index is 0.0730. The van der Waals surface area contributed by atoms with Crippen LogP contribution in [0, 0.1) is 0 Å². The van der Waals surface area contributed by atoms with Crippen LogP contribution in [-0.4, -0.2) is 22.9 Å². The average Bonchev–Trinajstić information content (AvgIpc) is 2.41. The first-order valence-electron chi connectivity index (χ1n) is 6.21. The molecule has 0 saturated heterocycles. The van der Waals surface area contributed by atoms with Gasteiger partial charge >= 0.3 is 5.97 Å². The van der Waals surface area contributed by atoms with Crippen LogP contribution in [-0.2, 0) is 16.0 Å². The van der Waals surface area contributed by atoms with Crippen LogP contribution in [0.15, 0.2) is 27.5 Å². The largest absolute Gasteiger partial charge is 0.469 e. The number of rotatable bonds is 3. The van der Waals surface area contributed by atoms with Crippen molar-refractivity contribution in [3.63, 3.8) is 0 Å². The molecule has 0 fully saturated rings. The van der Waals surface area contributed by atoms with Crippen LogP contribution < -0.4 is 5.43 Å². The first-order valence-corrected chi connectivity index (χ1v) is 7.01. The summed E-state index contributed by atoms with van der Waals surface area (Å²) in [6, 6.07) is 5.47. The van der Waals surface area contributed by atoms with Gasteiger partial charge in [0.15, 0.2) is 0 Å². The summed E-state index contributed by atoms with van der Waals surface area (Å²) in [5.41, 5.74) is 0.725. The van der Waals surface area contributed by atoms with Crippen molar-refractivity contribution < 1.29 is 9.53 Å². The highest BCUT2D eigenvalue weighted by molar-refractivity contribution is 9.10. The van der Waals surface area contributed by atoms with Crippen LogP contribution in [0.1, 0.15) is 25.6 Å². The highest BCUT2D eigenvalue weighted by Crippen LogP contribution is 2.20. The molecular formula is C14H15BrN2O3. The van der Waals surface area contributed by atoms with Crippen LogP contribution in [0.2, 0.25) is 0 Å². The van der Waals surface area contributed by atoms with Gasteiger partial charge in [-0.15, -0.1) is 0 Å². The smallest absolute Gasteiger partial charge is 0.311 e. The lowest BCUT2D eigenvalue weighted by Gasteiger charge is -2.15. The molecule has 0 aliphatic rings. The van der Waals surface area contributed by atoms with E-state index < -0.39 is 5.97 Å². The molecule has 0 radical (unpaired) electrons. The number of esters is 1. The summed E-state index contributed by atoms with van der Waals surface area (Å²) in [4.78, 5) is 23.8. The average molecular weight is 339 g/mol. The molecule has 2 aromatic rings. The van der Waals surface area contributed by atoms with Crippen molar-refractivity contribution in [1.29, 1.82) is 0 Å². The number of hydrogen-bond donors (Lipinski definition) is 0. The predicted molar refractivity (Wildman–Crippen MR) is 79.8 cm³/mol. The van der Waals surface area contributed by atoms with Gasteiger partial charge in [-0.05, 0) is 32.0 Å². The Morgan fingerprint density at radius 1 is 1.45 bits per heavy atom. The van der Waals surface area contributed by atoms with E-state index in [2.05, 4.69) is 25.8 Å². The third kappa shape index (κ3) is 2.75. The zero-order chi connectivity index (χ0) is 14.9. The maximum absolute atomic E-state index is 12.4. The Balaban J connectivity index is 2.73. The molecule has 1 aromatic carbocycles. The van der Waals surface area contributed by atoms with E-state index in [9.17, 15) is 9.59 Å². The van der Waals surface area contributed by atoms with E-state index in [4.69, 9.17) is 0 Å². The molecule has 5 nitrogen and oxygen atoms in total. The van der Waals surface area contributed by atoms with E-state index >= 15 is 0 Å². The summed E-state index contributed by atoms with van der Waals surface area (Å²) in [6.07, 6.45) is -0.117. The number of carbonyl (C=O) groups excluding carboxylic acids is 1. The number of methoxy groups -OCH3 is 1. The number of fused-ring (bicyclic) bond motifs is 1. The third-order valence-corrected chi connectivity index (χ3v) is 3.46. The lowest BCUT2D eigenvalue weighted by atomic mass is 10.1. The molecule has 1 heterocycles. The molecule has 106 valence electrons. The summed E-state index contributed by atoms with van der Waals surface area (Å²) < 4.78 is 7.23. The molecule has 2 rings (SSSR count). The quantitative estimate of drug-likeness (QED) is 0.806. The van der Waals surface area contributed by atoms with Crippen LogP contribution >= 0.6 is 15.9 Å². The van der Waals surface area contributed by atoms with Crippen LogP contribution in [0.25, 0.3) is 10.9 Å². The van der Waals surface area contributed by atoms with E-state index in [1.54, 1.807) is 16.8 Å². The maximum atomic E-state index is 12.4. The molecule has 6 heteroatoms. The Morgan fingerprint density at radius 3 is 2.75 bits per heavy atom. The minimum Gasteiger partial charge on any atom is -0.469 e. The Kier molecular flexibility index (Phi) is 4.23. The standard InChI is InChI=1S/C14H15BrN2O3/c1-8(2)17-12-6-9(15)4-5-10(12)14(19)11(16-17)7-13(18)20-3/h4-6,8H,7H2,1-3H3. The Labute approximate surface area is 124 Å². The van der Waals surface area contributed by atoms with Gasteiger partial charge in [-0.1, -0.05) is 15.9 Å². The van der Waals surface area contributed by atoms with Crippen molar-refractivity contribution in [1.82, 2.24) is 9.78 Å². The number of hydrogen-bond acceptors (Lipinski definition) is 4. The summed E-state index contributed by atoms with van der Waals surface area (Å²) in [7, 11) is 1.29. The molecule has 0 aliphatic carbocycles. The second-order valence-corrected chi connectivity index (χ2v) is 5.64. The molecule has 0 unspecified atom stereocenters. The van der Waals surface area contributed by atoms with Gasteiger partial charge in [-0.2, -0.15) is 5.10 Å². The van der Waals surface area contributed by atoms with E-state index in [0.29, 0.717) is 5.39 Å². The van der Waals surface area contributed by atoms with E-state index in [1.807, 2.05) is 19.9 Å². The van der Waals surface area contributed by atoms with Gasteiger partial charge < -0.3 is 4.74 Å². The van der Waals surface area contributed by atoms with Crippen molar-refractivity contribution >= 4 is 32.8 Å². The Morgan fingerprint density at radius 2 is 2.15 bits per heavy atom. The van der Waals surface area contributed by atoms with Crippen molar-refractivity contribution in [3.8, 4) is 0 Å². The number of benzene rings is 1. The molecule has 0 atom stereocenters. The van der Waals surface area contributed by atoms with E-state index in [1.165, 1.54) is 7.11 Å². The highest BCUT2D eigenvalue weighted by atomic mass is 79.9. The van der Waals surface area contributed by atoms with Crippen molar-refractivity contribution in [2.75, 3.05) is 7.11 Å². The maximum Gasteiger partial charge on any atom is 0.311 e. The third-order valence-electron chi connectivity index (χ3n) is 2.97. The fraction of sp³-hybridized carbons (Fsp3) is 0.357. The monoisotopic (exact) mass is 338 g/mol. The fourth-order valence-electron chi connectivity index (χ4n) is 1.99. The number of carbonyl (C=O) groups is 1. The zero-order valence-corrected chi connectivity index (χ0v) is 13.1. The second-order valence-electron chi connectivity index (χ2n) is 4.73. The van der Waals surface area contributed by atoms with Crippen LogP contribution in [0.4, 0.5) is 0 Å². The van der Waals surface area contributed by atoms with Crippen LogP contribution in [0.3, 0.4) is 0 Å². The van der Waals surface area contributed by atoms with Gasteiger partial charge in [0.05, 0.1) is 19.0 Å². The molecule has 20 heavy (non-hydrogen) atoms. The number of halogens is 1. The minimum atomic E-state index is -0.471. The van der Waals surface area contributed by atoms with Gasteiger partial charge in [-0.3, -0.25) is 14.3 Å². The number of aromatic nitrogens is 2. The van der Waals surface area contributed by atoms with Gasteiger partial charge in [-0.25, -0.2) is 0 Å². The second kappa shape index (κ2) is 5.75. The van der Waals surface area contributed by atoms with Gasteiger partial charge in [0, 0.05) is 15.9 Å². The van der Waals surface area contributed by atoms with Crippen molar-refractivity contribution in [2.24, 2.45) is 0 Å². The topological polar surface area (TPSA) is 61.2 Å². The zero-order valence-electron chi connectivity index (χ0n) is 11.5. The van der Waals surface area contributed by atoms with E-state index in [0.717, 1.165) is 9.99 Å². The Hall–Kier alpha value is -1.69. The van der Waals surface area contributed by atoms with Gasteiger partial charge in [0.25, 0.3) is 0 Å². The summed E-state index contributed by atoms with van der Waals surface area (Å²) in [5.74, 6) is -0.471. The molecule has 0 saturated carbocycles. The van der Waals surface area contributed by atoms with Crippen molar-refractivity contribution in [2.45, 2.75) is 26.3 Å².